The molecule has 0 fully saturated rings. The van der Waals surface area contributed by atoms with Crippen molar-refractivity contribution in [2.45, 2.75) is 57.4 Å². The average molecular weight is 318 g/mol. The van der Waals surface area contributed by atoms with Crippen molar-refractivity contribution in [1.82, 2.24) is 10.6 Å². The van der Waals surface area contributed by atoms with Crippen molar-refractivity contribution >= 4 is 17.7 Å². The van der Waals surface area contributed by atoms with Gasteiger partial charge < -0.3 is 25.6 Å². The summed E-state index contributed by atoms with van der Waals surface area (Å²) in [7, 11) is 3.09. The van der Waals surface area contributed by atoms with Crippen LogP contribution in [-0.4, -0.2) is 65.8 Å². The third-order valence-corrected chi connectivity index (χ3v) is 3.47. The molecule has 22 heavy (non-hydrogen) atoms. The Morgan fingerprint density at radius 3 is 1.95 bits per heavy atom. The summed E-state index contributed by atoms with van der Waals surface area (Å²) >= 11 is 0. The minimum atomic E-state index is -2.08. The molecule has 0 spiro atoms. The highest BCUT2D eigenvalue weighted by atomic mass is 16.6. The van der Waals surface area contributed by atoms with E-state index in [1.54, 1.807) is 14.0 Å². The Morgan fingerprint density at radius 1 is 1.09 bits per heavy atom. The van der Waals surface area contributed by atoms with Crippen LogP contribution in [0.4, 0.5) is 0 Å². The van der Waals surface area contributed by atoms with E-state index in [0.29, 0.717) is 0 Å². The fraction of sp³-hybridized carbons (Fsp3) is 0.786. The zero-order valence-corrected chi connectivity index (χ0v) is 13.7. The number of ether oxygens (including phenoxy) is 1. The maximum Gasteiger partial charge on any atom is 0.348 e. The molecule has 128 valence electrons. The molecule has 0 radical (unpaired) electrons. The highest BCUT2D eigenvalue weighted by Crippen LogP contribution is 2.25. The lowest BCUT2D eigenvalue weighted by Crippen LogP contribution is -2.51. The molecule has 0 saturated carbocycles. The molecule has 0 aromatic carbocycles. The number of hydrogen-bond acceptors (Lipinski definition) is 7. The molecule has 0 heterocycles. The lowest BCUT2D eigenvalue weighted by atomic mass is 9.88. The van der Waals surface area contributed by atoms with Crippen LogP contribution in [0.5, 0.6) is 0 Å². The van der Waals surface area contributed by atoms with Gasteiger partial charge in [0, 0.05) is 6.42 Å². The van der Waals surface area contributed by atoms with Crippen LogP contribution in [0.15, 0.2) is 0 Å². The number of carboxylic acid groups (broad SMARTS) is 1. The van der Waals surface area contributed by atoms with E-state index in [1.807, 2.05) is 0 Å². The first kappa shape index (κ1) is 20.5. The van der Waals surface area contributed by atoms with Gasteiger partial charge in [0.25, 0.3) is 0 Å². The number of aliphatic hydroxyl groups excluding tert-OH is 1. The van der Waals surface area contributed by atoms with E-state index in [4.69, 9.17) is 4.74 Å². The minimum Gasteiger partial charge on any atom is -0.478 e. The molecule has 0 saturated heterocycles. The van der Waals surface area contributed by atoms with Crippen molar-refractivity contribution < 1.29 is 29.3 Å². The van der Waals surface area contributed by atoms with Crippen LogP contribution in [0, 0.1) is 0 Å². The van der Waals surface area contributed by atoms with Crippen molar-refractivity contribution in [3.05, 3.63) is 0 Å². The molecule has 8 heteroatoms. The highest BCUT2D eigenvalue weighted by molar-refractivity contribution is 5.92. The zero-order chi connectivity index (χ0) is 17.5. The summed E-state index contributed by atoms with van der Waals surface area (Å²) < 4.78 is 5.12. The summed E-state index contributed by atoms with van der Waals surface area (Å²) in [6, 6.07) is -1.32. The van der Waals surface area contributed by atoms with Gasteiger partial charge in [-0.05, 0) is 34.9 Å². The number of esters is 1. The van der Waals surface area contributed by atoms with Crippen molar-refractivity contribution in [3.63, 3.8) is 0 Å². The first-order valence-electron chi connectivity index (χ1n) is 7.11. The maximum absolute atomic E-state index is 12.1. The van der Waals surface area contributed by atoms with Gasteiger partial charge in [0.1, 0.15) is 6.04 Å². The van der Waals surface area contributed by atoms with Crippen molar-refractivity contribution in [3.8, 4) is 0 Å². The quantitative estimate of drug-likeness (QED) is 0.390. The molecule has 0 bridgehead atoms. The van der Waals surface area contributed by atoms with Crippen LogP contribution in [0.1, 0.15) is 33.6 Å². The molecule has 0 rings (SSSR count). The summed E-state index contributed by atoms with van der Waals surface area (Å²) in [5, 5.41) is 24.4. The highest BCUT2D eigenvalue weighted by Gasteiger charge is 2.46. The number of aliphatic hydroxyl groups is 1. The lowest BCUT2D eigenvalue weighted by Gasteiger charge is -2.31. The number of nitrogens with one attached hydrogen (secondary N) is 2. The van der Waals surface area contributed by atoms with Crippen LogP contribution in [-0.2, 0) is 19.1 Å². The predicted octanol–water partition coefficient (Wildman–Crippen LogP) is -0.701. The SMILES string of the molecule is CN[C@@H](C)C(=O)CC(CC(C)O)(OC(=O)[C@H](C)NC)C(=O)O. The van der Waals surface area contributed by atoms with E-state index < -0.39 is 47.9 Å². The van der Waals surface area contributed by atoms with Crippen LogP contribution in [0.25, 0.3) is 0 Å². The Kier molecular flexibility index (Phi) is 8.21. The van der Waals surface area contributed by atoms with E-state index in [-0.39, 0.29) is 6.42 Å². The third-order valence-electron chi connectivity index (χ3n) is 3.47. The Hall–Kier alpha value is -1.51. The Balaban J connectivity index is 5.47. The van der Waals surface area contributed by atoms with E-state index >= 15 is 0 Å². The van der Waals surface area contributed by atoms with E-state index in [0.717, 1.165) is 0 Å². The van der Waals surface area contributed by atoms with Gasteiger partial charge in [-0.15, -0.1) is 0 Å². The molecule has 0 aliphatic heterocycles. The van der Waals surface area contributed by atoms with Gasteiger partial charge in [-0.3, -0.25) is 9.59 Å². The molecular weight excluding hydrogens is 292 g/mol. The molecule has 4 atom stereocenters. The number of carbonyl (C=O) groups excluding carboxylic acids is 2. The van der Waals surface area contributed by atoms with Crippen LogP contribution < -0.4 is 10.6 Å². The number of carbonyl (C=O) groups is 3. The Labute approximate surface area is 130 Å². The standard InChI is InChI=1S/C14H26N2O6/c1-8(17)6-14(13(20)21,7-11(18)9(2)15-4)22-12(19)10(3)16-5/h8-10,15-17H,6-7H2,1-5H3,(H,20,21)/t8?,9-,10-,14?/m0/s1. The molecule has 0 aromatic heterocycles. The predicted molar refractivity (Wildman–Crippen MR) is 79.4 cm³/mol. The van der Waals surface area contributed by atoms with Crippen molar-refractivity contribution in [1.29, 1.82) is 0 Å². The van der Waals surface area contributed by atoms with Gasteiger partial charge in [-0.2, -0.15) is 0 Å². The largest absolute Gasteiger partial charge is 0.478 e. The molecule has 4 N–H and O–H groups in total. The summed E-state index contributed by atoms with van der Waals surface area (Å²) in [5.41, 5.74) is -2.08. The molecular formula is C14H26N2O6. The van der Waals surface area contributed by atoms with Gasteiger partial charge in [-0.1, -0.05) is 0 Å². The van der Waals surface area contributed by atoms with Gasteiger partial charge in [0.2, 0.25) is 5.60 Å². The van der Waals surface area contributed by atoms with Crippen LogP contribution >= 0.6 is 0 Å². The van der Waals surface area contributed by atoms with E-state index in [9.17, 15) is 24.6 Å². The average Bonchev–Trinajstić information content (AvgIpc) is 2.43. The zero-order valence-electron chi connectivity index (χ0n) is 13.7. The summed E-state index contributed by atoms with van der Waals surface area (Å²) in [6.07, 6.45) is -1.93. The normalized spacial score (nSPS) is 17.9. The van der Waals surface area contributed by atoms with Crippen LogP contribution in [0.2, 0.25) is 0 Å². The smallest absolute Gasteiger partial charge is 0.348 e. The molecule has 0 aliphatic rings. The van der Waals surface area contributed by atoms with E-state index in [2.05, 4.69) is 10.6 Å². The van der Waals surface area contributed by atoms with Gasteiger partial charge >= 0.3 is 11.9 Å². The molecule has 2 unspecified atom stereocenters. The topological polar surface area (TPSA) is 125 Å². The monoisotopic (exact) mass is 318 g/mol. The van der Waals surface area contributed by atoms with Crippen LogP contribution in [0.3, 0.4) is 0 Å². The van der Waals surface area contributed by atoms with E-state index in [1.165, 1.54) is 20.9 Å². The summed E-state index contributed by atoms with van der Waals surface area (Å²) in [4.78, 5) is 35.7. The van der Waals surface area contributed by atoms with Gasteiger partial charge in [0.15, 0.2) is 5.78 Å². The summed E-state index contributed by atoms with van der Waals surface area (Å²) in [5.74, 6) is -2.67. The Morgan fingerprint density at radius 2 is 1.59 bits per heavy atom. The Bertz CT molecular complexity index is 386. The fourth-order valence-corrected chi connectivity index (χ4v) is 1.83. The number of Topliss-reactive ketones (excluding diaryl/α,β-unsaturated/α-hetero) is 1. The minimum absolute atomic E-state index is 0.368. The third kappa shape index (κ3) is 5.70. The number of hydrogen-bond donors (Lipinski definition) is 4. The first-order chi connectivity index (χ1) is 10.1. The first-order valence-corrected chi connectivity index (χ1v) is 7.11. The molecule has 0 aliphatic carbocycles. The number of carboxylic acids is 1. The lowest BCUT2D eigenvalue weighted by molar-refractivity contribution is -0.185. The molecule has 8 nitrogen and oxygen atoms in total. The molecule has 0 amide bonds. The second-order valence-electron chi connectivity index (χ2n) is 5.44. The second kappa shape index (κ2) is 8.82. The number of rotatable bonds is 10. The van der Waals surface area contributed by atoms with Crippen molar-refractivity contribution in [2.24, 2.45) is 0 Å². The summed E-state index contributed by atoms with van der Waals surface area (Å²) in [6.45, 7) is 4.46. The number of ketones is 1. The molecule has 0 aromatic rings. The number of aliphatic carboxylic acids is 1. The van der Waals surface area contributed by atoms with Crippen molar-refractivity contribution in [2.75, 3.05) is 14.1 Å². The second-order valence-corrected chi connectivity index (χ2v) is 5.44. The van der Waals surface area contributed by atoms with Gasteiger partial charge in [-0.25, -0.2) is 4.79 Å². The fourth-order valence-electron chi connectivity index (χ4n) is 1.83. The number of likely N-dealkylation sites (N-methyl/N-ethyl adjacent to an activating group) is 2. The van der Waals surface area contributed by atoms with Gasteiger partial charge in [0.05, 0.1) is 18.6 Å². The maximum atomic E-state index is 12.1.